The van der Waals surface area contributed by atoms with E-state index in [1.54, 1.807) is 7.11 Å². The lowest BCUT2D eigenvalue weighted by atomic mass is 10.0. The highest BCUT2D eigenvalue weighted by molar-refractivity contribution is 5.96. The zero-order valence-electron chi connectivity index (χ0n) is 12.8. The molecule has 0 radical (unpaired) electrons. The summed E-state index contributed by atoms with van der Waals surface area (Å²) in [6, 6.07) is 5.68. The standard InChI is InChI=1S/C16H24N2O3/c1-12-6-7-13(15(11-12)21-10-9-20-2)18-16(19)14-5-3-4-8-17-14/h6-7,11,14,17H,3-5,8-10H2,1-2H3,(H,18,19)/t14-/m0/s1. The third kappa shape index (κ3) is 4.72. The highest BCUT2D eigenvalue weighted by atomic mass is 16.5. The molecule has 1 fully saturated rings. The Kier molecular flexibility index (Phi) is 6.02. The van der Waals surface area contributed by atoms with E-state index in [4.69, 9.17) is 9.47 Å². The molecule has 2 rings (SSSR count). The van der Waals surface area contributed by atoms with Crippen LogP contribution in [0.1, 0.15) is 24.8 Å². The fourth-order valence-corrected chi connectivity index (χ4v) is 2.38. The molecular weight excluding hydrogens is 268 g/mol. The summed E-state index contributed by atoms with van der Waals surface area (Å²) in [6.45, 7) is 3.89. The topological polar surface area (TPSA) is 59.6 Å². The van der Waals surface area contributed by atoms with Gasteiger partial charge in [0.2, 0.25) is 5.91 Å². The molecular formula is C16H24N2O3. The van der Waals surface area contributed by atoms with Crippen molar-refractivity contribution < 1.29 is 14.3 Å². The van der Waals surface area contributed by atoms with E-state index in [0.29, 0.717) is 24.7 Å². The number of hydrogen-bond acceptors (Lipinski definition) is 4. The Labute approximate surface area is 126 Å². The van der Waals surface area contributed by atoms with Gasteiger partial charge in [-0.25, -0.2) is 0 Å². The van der Waals surface area contributed by atoms with E-state index >= 15 is 0 Å². The maximum absolute atomic E-state index is 12.3. The predicted octanol–water partition coefficient (Wildman–Crippen LogP) is 2.10. The van der Waals surface area contributed by atoms with Gasteiger partial charge in [-0.15, -0.1) is 0 Å². The van der Waals surface area contributed by atoms with Crippen molar-refractivity contribution in [2.75, 3.05) is 32.2 Å². The molecule has 5 heteroatoms. The molecule has 116 valence electrons. The quantitative estimate of drug-likeness (QED) is 0.788. The van der Waals surface area contributed by atoms with E-state index in [9.17, 15) is 4.79 Å². The average molecular weight is 292 g/mol. The molecule has 1 amide bonds. The number of benzene rings is 1. The number of nitrogens with one attached hydrogen (secondary N) is 2. The molecule has 1 heterocycles. The van der Waals surface area contributed by atoms with Gasteiger partial charge in [-0.2, -0.15) is 0 Å². The van der Waals surface area contributed by atoms with Crippen LogP contribution in [0.2, 0.25) is 0 Å². The maximum atomic E-state index is 12.3. The molecule has 0 spiro atoms. The summed E-state index contributed by atoms with van der Waals surface area (Å²) >= 11 is 0. The van der Waals surface area contributed by atoms with Gasteiger partial charge in [0.1, 0.15) is 12.4 Å². The minimum atomic E-state index is -0.105. The molecule has 0 aliphatic carbocycles. The highest BCUT2D eigenvalue weighted by Crippen LogP contribution is 2.26. The summed E-state index contributed by atoms with van der Waals surface area (Å²) < 4.78 is 10.7. The van der Waals surface area contributed by atoms with Crippen LogP contribution in [0.15, 0.2) is 18.2 Å². The zero-order chi connectivity index (χ0) is 15.1. The third-order valence-electron chi connectivity index (χ3n) is 3.57. The monoisotopic (exact) mass is 292 g/mol. The number of aryl methyl sites for hydroxylation is 1. The summed E-state index contributed by atoms with van der Waals surface area (Å²) in [4.78, 5) is 12.3. The van der Waals surface area contributed by atoms with Crippen molar-refractivity contribution in [3.63, 3.8) is 0 Å². The number of methoxy groups -OCH3 is 1. The number of amides is 1. The van der Waals surface area contributed by atoms with Crippen LogP contribution < -0.4 is 15.4 Å². The molecule has 1 aromatic rings. The molecule has 1 saturated heterocycles. The molecule has 0 unspecified atom stereocenters. The molecule has 21 heavy (non-hydrogen) atoms. The van der Waals surface area contributed by atoms with E-state index in [2.05, 4.69) is 10.6 Å². The van der Waals surface area contributed by atoms with Gasteiger partial charge >= 0.3 is 0 Å². The van der Waals surface area contributed by atoms with Crippen molar-refractivity contribution in [3.05, 3.63) is 23.8 Å². The van der Waals surface area contributed by atoms with Gasteiger partial charge in [0.05, 0.1) is 18.3 Å². The van der Waals surface area contributed by atoms with E-state index in [1.807, 2.05) is 25.1 Å². The van der Waals surface area contributed by atoms with E-state index in [0.717, 1.165) is 31.4 Å². The largest absolute Gasteiger partial charge is 0.489 e. The lowest BCUT2D eigenvalue weighted by Gasteiger charge is -2.23. The van der Waals surface area contributed by atoms with Crippen molar-refractivity contribution in [3.8, 4) is 5.75 Å². The van der Waals surface area contributed by atoms with Gasteiger partial charge in [-0.05, 0) is 44.0 Å². The summed E-state index contributed by atoms with van der Waals surface area (Å²) in [5.41, 5.74) is 1.81. The highest BCUT2D eigenvalue weighted by Gasteiger charge is 2.21. The Morgan fingerprint density at radius 3 is 2.95 bits per heavy atom. The van der Waals surface area contributed by atoms with Crippen LogP contribution in [0.25, 0.3) is 0 Å². The van der Waals surface area contributed by atoms with Crippen LogP contribution >= 0.6 is 0 Å². The predicted molar refractivity (Wildman–Crippen MR) is 82.8 cm³/mol. The summed E-state index contributed by atoms with van der Waals surface area (Å²) in [5.74, 6) is 0.700. The Morgan fingerprint density at radius 1 is 1.38 bits per heavy atom. The molecule has 1 atom stereocenters. The first-order valence-corrected chi connectivity index (χ1v) is 7.47. The molecule has 0 aromatic heterocycles. The number of anilines is 1. The first-order chi connectivity index (χ1) is 10.2. The van der Waals surface area contributed by atoms with Crippen LogP contribution in [0.4, 0.5) is 5.69 Å². The van der Waals surface area contributed by atoms with Crippen LogP contribution in [0.5, 0.6) is 5.75 Å². The van der Waals surface area contributed by atoms with Gasteiger partial charge in [-0.1, -0.05) is 12.5 Å². The maximum Gasteiger partial charge on any atom is 0.241 e. The summed E-state index contributed by atoms with van der Waals surface area (Å²) in [5, 5.41) is 6.22. The van der Waals surface area contributed by atoms with Gasteiger partial charge in [0.25, 0.3) is 0 Å². The lowest BCUT2D eigenvalue weighted by molar-refractivity contribution is -0.118. The second kappa shape index (κ2) is 8.00. The number of piperidine rings is 1. The van der Waals surface area contributed by atoms with Gasteiger partial charge in [0, 0.05) is 7.11 Å². The summed E-state index contributed by atoms with van der Waals surface area (Å²) in [6.07, 6.45) is 3.12. The molecule has 1 aromatic carbocycles. The first-order valence-electron chi connectivity index (χ1n) is 7.47. The fourth-order valence-electron chi connectivity index (χ4n) is 2.38. The van der Waals surface area contributed by atoms with Gasteiger partial charge < -0.3 is 20.1 Å². The van der Waals surface area contributed by atoms with Crippen molar-refractivity contribution in [1.29, 1.82) is 0 Å². The zero-order valence-corrected chi connectivity index (χ0v) is 12.8. The Hall–Kier alpha value is -1.59. The molecule has 5 nitrogen and oxygen atoms in total. The second-order valence-corrected chi connectivity index (χ2v) is 5.33. The smallest absolute Gasteiger partial charge is 0.241 e. The van der Waals surface area contributed by atoms with E-state index in [-0.39, 0.29) is 11.9 Å². The average Bonchev–Trinajstić information content (AvgIpc) is 2.51. The van der Waals surface area contributed by atoms with Gasteiger partial charge in [-0.3, -0.25) is 4.79 Å². The van der Waals surface area contributed by atoms with E-state index < -0.39 is 0 Å². The minimum Gasteiger partial charge on any atom is -0.489 e. The Morgan fingerprint density at radius 2 is 2.24 bits per heavy atom. The van der Waals surface area contributed by atoms with Crippen LogP contribution in [-0.2, 0) is 9.53 Å². The fraction of sp³-hybridized carbons (Fsp3) is 0.562. The Balaban J connectivity index is 2.01. The number of hydrogen-bond donors (Lipinski definition) is 2. The SMILES string of the molecule is COCCOc1cc(C)ccc1NC(=O)[C@@H]1CCCCN1. The summed E-state index contributed by atoms with van der Waals surface area (Å²) in [7, 11) is 1.64. The van der Waals surface area contributed by atoms with Crippen LogP contribution in [0, 0.1) is 6.92 Å². The van der Waals surface area contributed by atoms with Crippen LogP contribution in [-0.4, -0.2) is 38.8 Å². The van der Waals surface area contributed by atoms with Crippen molar-refractivity contribution in [1.82, 2.24) is 5.32 Å². The second-order valence-electron chi connectivity index (χ2n) is 5.33. The Bertz CT molecular complexity index is 471. The molecule has 2 N–H and O–H groups in total. The van der Waals surface area contributed by atoms with Crippen molar-refractivity contribution in [2.24, 2.45) is 0 Å². The van der Waals surface area contributed by atoms with E-state index in [1.165, 1.54) is 0 Å². The number of carbonyl (C=O) groups excluding carboxylic acids is 1. The number of rotatable bonds is 6. The lowest BCUT2D eigenvalue weighted by Crippen LogP contribution is -2.43. The molecule has 1 aliphatic rings. The number of ether oxygens (including phenoxy) is 2. The molecule has 0 saturated carbocycles. The van der Waals surface area contributed by atoms with Crippen LogP contribution in [0.3, 0.4) is 0 Å². The normalized spacial score (nSPS) is 18.3. The number of carbonyl (C=O) groups is 1. The molecule has 0 bridgehead atoms. The van der Waals surface area contributed by atoms with Gasteiger partial charge in [0.15, 0.2) is 0 Å². The minimum absolute atomic E-state index is 0.00939. The van der Waals surface area contributed by atoms with Crippen molar-refractivity contribution in [2.45, 2.75) is 32.2 Å². The van der Waals surface area contributed by atoms with Crippen molar-refractivity contribution >= 4 is 11.6 Å². The molecule has 1 aliphatic heterocycles. The first kappa shape index (κ1) is 15.8. The third-order valence-corrected chi connectivity index (χ3v) is 3.57.